The predicted molar refractivity (Wildman–Crippen MR) is 75.2 cm³/mol. The van der Waals surface area contributed by atoms with E-state index >= 15 is 0 Å². The smallest absolute Gasteiger partial charge is 0.309 e. The van der Waals surface area contributed by atoms with Crippen LogP contribution >= 0.6 is 11.8 Å². The molecule has 0 radical (unpaired) electrons. The van der Waals surface area contributed by atoms with Gasteiger partial charge in [-0.2, -0.15) is 0 Å². The molecule has 0 aromatic rings. The number of carbonyl (C=O) groups excluding carboxylic acids is 2. The Bertz CT molecular complexity index is 419. The highest BCUT2D eigenvalue weighted by Crippen LogP contribution is 2.35. The summed E-state index contributed by atoms with van der Waals surface area (Å²) in [6.45, 7) is 2.94. The first-order chi connectivity index (χ1) is 9.48. The molecular weight excluding hydrogens is 280 g/mol. The summed E-state index contributed by atoms with van der Waals surface area (Å²) in [5.41, 5.74) is -0.684. The SMILES string of the molecule is CCC1(C(=O)O)CCN(C(=O)CN2CSCC2=O)CC1. The van der Waals surface area contributed by atoms with Gasteiger partial charge < -0.3 is 14.9 Å². The molecule has 0 aliphatic carbocycles. The van der Waals surface area contributed by atoms with Gasteiger partial charge in [-0.05, 0) is 19.3 Å². The van der Waals surface area contributed by atoms with E-state index < -0.39 is 11.4 Å². The van der Waals surface area contributed by atoms with Crippen molar-refractivity contribution in [3.05, 3.63) is 0 Å². The van der Waals surface area contributed by atoms with Crippen LogP contribution in [0.1, 0.15) is 26.2 Å². The number of carbonyl (C=O) groups is 3. The first-order valence-corrected chi connectivity index (χ1v) is 8.01. The van der Waals surface area contributed by atoms with Crippen LogP contribution < -0.4 is 0 Å². The first-order valence-electron chi connectivity index (χ1n) is 6.85. The summed E-state index contributed by atoms with van der Waals surface area (Å²) in [6, 6.07) is 0. The fourth-order valence-electron chi connectivity index (χ4n) is 2.71. The average molecular weight is 300 g/mol. The maximum Gasteiger partial charge on any atom is 0.309 e. The Morgan fingerprint density at radius 1 is 1.35 bits per heavy atom. The van der Waals surface area contributed by atoms with Gasteiger partial charge >= 0.3 is 5.97 Å². The number of rotatable bonds is 4. The second kappa shape index (κ2) is 6.03. The lowest BCUT2D eigenvalue weighted by Crippen LogP contribution is -2.49. The van der Waals surface area contributed by atoms with Crippen molar-refractivity contribution in [2.45, 2.75) is 26.2 Å². The van der Waals surface area contributed by atoms with Gasteiger partial charge in [-0.1, -0.05) is 6.92 Å². The Kier molecular flexibility index (Phi) is 4.57. The van der Waals surface area contributed by atoms with E-state index in [1.165, 1.54) is 11.8 Å². The minimum atomic E-state index is -0.766. The van der Waals surface area contributed by atoms with Crippen molar-refractivity contribution in [3.63, 3.8) is 0 Å². The van der Waals surface area contributed by atoms with Crippen molar-refractivity contribution in [2.75, 3.05) is 31.3 Å². The predicted octanol–water partition coefficient (Wildman–Crippen LogP) is 0.623. The van der Waals surface area contributed by atoms with Crippen molar-refractivity contribution in [1.82, 2.24) is 9.80 Å². The minimum absolute atomic E-state index is 0.00815. The third-order valence-corrected chi connectivity index (χ3v) is 5.30. The summed E-state index contributed by atoms with van der Waals surface area (Å²) < 4.78 is 0. The number of aliphatic carboxylic acids is 1. The molecule has 2 saturated heterocycles. The molecule has 2 heterocycles. The third-order valence-electron chi connectivity index (χ3n) is 4.36. The standard InChI is InChI=1S/C13H20N2O4S/c1-2-13(12(18)19)3-5-14(6-4-13)10(16)7-15-9-20-8-11(15)17/h2-9H2,1H3,(H,18,19). The maximum atomic E-state index is 12.1. The number of carboxylic acid groups (broad SMARTS) is 1. The lowest BCUT2D eigenvalue weighted by molar-refractivity contribution is -0.155. The molecule has 0 aromatic carbocycles. The zero-order valence-electron chi connectivity index (χ0n) is 11.6. The molecule has 7 heteroatoms. The van der Waals surface area contributed by atoms with Crippen LogP contribution in [0.25, 0.3) is 0 Å². The number of carboxylic acids is 1. The van der Waals surface area contributed by atoms with Gasteiger partial charge in [0.2, 0.25) is 11.8 Å². The number of amides is 2. The first kappa shape index (κ1) is 15.2. The lowest BCUT2D eigenvalue weighted by atomic mass is 9.76. The molecule has 2 aliphatic heterocycles. The van der Waals surface area contributed by atoms with Crippen molar-refractivity contribution in [1.29, 1.82) is 0 Å². The summed E-state index contributed by atoms with van der Waals surface area (Å²) in [4.78, 5) is 38.2. The molecule has 0 aromatic heterocycles. The van der Waals surface area contributed by atoms with Crippen molar-refractivity contribution in [3.8, 4) is 0 Å². The molecule has 6 nitrogen and oxygen atoms in total. The van der Waals surface area contributed by atoms with Crippen LogP contribution in [0.15, 0.2) is 0 Å². The average Bonchev–Trinajstić information content (AvgIpc) is 2.84. The summed E-state index contributed by atoms with van der Waals surface area (Å²) in [5.74, 6) is 0.195. The van der Waals surface area contributed by atoms with E-state index in [1.807, 2.05) is 6.92 Å². The highest BCUT2D eigenvalue weighted by Gasteiger charge is 2.41. The van der Waals surface area contributed by atoms with E-state index in [-0.39, 0.29) is 18.4 Å². The Morgan fingerprint density at radius 2 is 2.00 bits per heavy atom. The van der Waals surface area contributed by atoms with E-state index in [9.17, 15) is 19.5 Å². The Hall–Kier alpha value is -1.24. The molecule has 2 rings (SSSR count). The summed E-state index contributed by atoms with van der Waals surface area (Å²) in [6.07, 6.45) is 1.58. The Morgan fingerprint density at radius 3 is 2.45 bits per heavy atom. The normalized spacial score (nSPS) is 22.1. The third kappa shape index (κ3) is 2.92. The number of nitrogens with zero attached hydrogens (tertiary/aromatic N) is 2. The van der Waals surface area contributed by atoms with Crippen LogP contribution in [-0.2, 0) is 14.4 Å². The molecule has 0 saturated carbocycles. The van der Waals surface area contributed by atoms with Crippen LogP contribution in [0.2, 0.25) is 0 Å². The summed E-state index contributed by atoms with van der Waals surface area (Å²) in [5, 5.41) is 9.32. The van der Waals surface area contributed by atoms with Crippen LogP contribution in [0.4, 0.5) is 0 Å². The largest absolute Gasteiger partial charge is 0.481 e. The van der Waals surface area contributed by atoms with Gasteiger partial charge in [-0.25, -0.2) is 0 Å². The van der Waals surface area contributed by atoms with Crippen LogP contribution in [0, 0.1) is 5.41 Å². The Balaban J connectivity index is 1.88. The topological polar surface area (TPSA) is 77.9 Å². The second-order valence-electron chi connectivity index (χ2n) is 5.39. The van der Waals surface area contributed by atoms with Gasteiger partial charge in [0.05, 0.1) is 17.0 Å². The van der Waals surface area contributed by atoms with E-state index in [1.54, 1.807) is 9.80 Å². The monoisotopic (exact) mass is 300 g/mol. The zero-order chi connectivity index (χ0) is 14.8. The lowest BCUT2D eigenvalue weighted by Gasteiger charge is -2.38. The number of hydrogen-bond acceptors (Lipinski definition) is 4. The molecule has 0 bridgehead atoms. The number of piperidine rings is 1. The number of hydrogen-bond donors (Lipinski definition) is 1. The fraction of sp³-hybridized carbons (Fsp3) is 0.769. The molecule has 1 N–H and O–H groups in total. The van der Waals surface area contributed by atoms with Gasteiger partial charge in [0.15, 0.2) is 0 Å². The van der Waals surface area contributed by atoms with Crippen LogP contribution in [0.5, 0.6) is 0 Å². The molecule has 2 aliphatic rings. The number of thioether (sulfide) groups is 1. The molecule has 0 unspecified atom stereocenters. The highest BCUT2D eigenvalue weighted by atomic mass is 32.2. The molecule has 112 valence electrons. The van der Waals surface area contributed by atoms with Crippen molar-refractivity contribution >= 4 is 29.5 Å². The van der Waals surface area contributed by atoms with Crippen LogP contribution in [-0.4, -0.2) is 64.0 Å². The molecule has 0 atom stereocenters. The van der Waals surface area contributed by atoms with Crippen molar-refractivity contribution < 1.29 is 19.5 Å². The van der Waals surface area contributed by atoms with Gasteiger partial charge in [0.1, 0.15) is 6.54 Å². The molecule has 2 fully saturated rings. The highest BCUT2D eigenvalue weighted by molar-refractivity contribution is 8.00. The Labute approximate surface area is 122 Å². The molecule has 2 amide bonds. The van der Waals surface area contributed by atoms with Gasteiger partial charge in [0.25, 0.3) is 0 Å². The van der Waals surface area contributed by atoms with Gasteiger partial charge in [-0.15, -0.1) is 11.8 Å². The van der Waals surface area contributed by atoms with Crippen molar-refractivity contribution in [2.24, 2.45) is 5.41 Å². The minimum Gasteiger partial charge on any atom is -0.481 e. The van der Waals surface area contributed by atoms with E-state index in [2.05, 4.69) is 0 Å². The van der Waals surface area contributed by atoms with Gasteiger partial charge in [-0.3, -0.25) is 14.4 Å². The van der Waals surface area contributed by atoms with E-state index in [0.29, 0.717) is 44.0 Å². The maximum absolute atomic E-state index is 12.1. The summed E-state index contributed by atoms with van der Waals surface area (Å²) in [7, 11) is 0. The molecular formula is C13H20N2O4S. The zero-order valence-corrected chi connectivity index (χ0v) is 12.4. The van der Waals surface area contributed by atoms with Crippen LogP contribution in [0.3, 0.4) is 0 Å². The molecule has 0 spiro atoms. The van der Waals surface area contributed by atoms with E-state index in [4.69, 9.17) is 0 Å². The second-order valence-corrected chi connectivity index (χ2v) is 6.34. The molecule has 20 heavy (non-hydrogen) atoms. The quantitative estimate of drug-likeness (QED) is 0.823. The van der Waals surface area contributed by atoms with E-state index in [0.717, 1.165) is 0 Å². The number of likely N-dealkylation sites (tertiary alicyclic amines) is 1. The van der Waals surface area contributed by atoms with Gasteiger partial charge in [0, 0.05) is 13.1 Å². The summed E-state index contributed by atoms with van der Waals surface area (Å²) >= 11 is 1.51. The fourth-order valence-corrected chi connectivity index (χ4v) is 3.61.